The number of aryl methyl sites for hydroxylation is 1. The number of halogens is 3. The largest absolute Gasteiger partial charge is 0.496 e. The predicted molar refractivity (Wildman–Crippen MR) is 53.9 cm³/mol. The number of hydrogen-bond acceptors (Lipinski definition) is 3. The minimum absolute atomic E-state index is 0.0162. The number of ether oxygens (including phenoxy) is 1. The quantitative estimate of drug-likeness (QED) is 0.621. The van der Waals surface area contributed by atoms with Crippen LogP contribution in [0.2, 0.25) is 0 Å². The van der Waals surface area contributed by atoms with Crippen molar-refractivity contribution in [3.05, 3.63) is 29.3 Å². The third kappa shape index (κ3) is 2.65. The number of benzene rings is 1. The first kappa shape index (κ1) is 12.8. The van der Waals surface area contributed by atoms with Gasteiger partial charge in [0.15, 0.2) is 0 Å². The molecule has 90 valence electrons. The van der Waals surface area contributed by atoms with Crippen molar-refractivity contribution >= 4 is 0 Å². The van der Waals surface area contributed by atoms with Crippen molar-refractivity contribution in [2.75, 3.05) is 7.11 Å². The Balaban J connectivity index is 3.23. The van der Waals surface area contributed by atoms with Gasteiger partial charge in [-0.05, 0) is 13.0 Å². The zero-order valence-corrected chi connectivity index (χ0v) is 8.93. The lowest BCUT2D eigenvalue weighted by atomic mass is 10.0. The summed E-state index contributed by atoms with van der Waals surface area (Å²) in [4.78, 5) is 0. The summed E-state index contributed by atoms with van der Waals surface area (Å²) >= 11 is 0. The maximum absolute atomic E-state index is 12.7. The van der Waals surface area contributed by atoms with Gasteiger partial charge in [0.1, 0.15) is 11.8 Å². The third-order valence-corrected chi connectivity index (χ3v) is 2.19. The van der Waals surface area contributed by atoms with Gasteiger partial charge in [0, 0.05) is 5.56 Å². The summed E-state index contributed by atoms with van der Waals surface area (Å²) in [6.07, 6.45) is -4.46. The predicted octanol–water partition coefficient (Wildman–Crippen LogP) is 2.07. The highest BCUT2D eigenvalue weighted by atomic mass is 19.4. The molecule has 1 aromatic carbocycles. The Morgan fingerprint density at radius 3 is 2.44 bits per heavy atom. The molecule has 1 atom stereocenters. The fourth-order valence-corrected chi connectivity index (χ4v) is 1.44. The molecular weight excluding hydrogens is 221 g/mol. The number of alkyl halides is 3. The molecule has 0 amide bonds. The average Bonchev–Trinajstić information content (AvgIpc) is 2.17. The third-order valence-electron chi connectivity index (χ3n) is 2.19. The number of rotatable bonds is 3. The second-order valence-electron chi connectivity index (χ2n) is 3.39. The second kappa shape index (κ2) is 4.71. The van der Waals surface area contributed by atoms with Crippen molar-refractivity contribution in [1.82, 2.24) is 5.43 Å². The van der Waals surface area contributed by atoms with E-state index < -0.39 is 12.2 Å². The summed E-state index contributed by atoms with van der Waals surface area (Å²) in [5.41, 5.74) is 2.45. The van der Waals surface area contributed by atoms with E-state index in [0.717, 1.165) is 0 Å². The molecule has 0 heterocycles. The highest BCUT2D eigenvalue weighted by molar-refractivity contribution is 5.39. The van der Waals surface area contributed by atoms with Crippen molar-refractivity contribution in [3.8, 4) is 5.75 Å². The first-order valence-electron chi connectivity index (χ1n) is 4.57. The lowest BCUT2D eigenvalue weighted by Gasteiger charge is -2.22. The summed E-state index contributed by atoms with van der Waals surface area (Å²) in [5, 5.41) is 0. The highest BCUT2D eigenvalue weighted by Crippen LogP contribution is 2.36. The molecule has 0 spiro atoms. The SMILES string of the molecule is COc1ccc(C)cc1C(NN)C(F)(F)F. The summed E-state index contributed by atoms with van der Waals surface area (Å²) in [6, 6.07) is 2.63. The molecule has 0 radical (unpaired) electrons. The average molecular weight is 234 g/mol. The number of nitrogens with two attached hydrogens (primary N) is 1. The molecule has 0 aliphatic heterocycles. The van der Waals surface area contributed by atoms with Crippen molar-refractivity contribution in [1.29, 1.82) is 0 Å². The smallest absolute Gasteiger partial charge is 0.409 e. The molecule has 1 unspecified atom stereocenters. The number of nitrogens with one attached hydrogen (secondary N) is 1. The van der Waals surface area contributed by atoms with Gasteiger partial charge in [-0.25, -0.2) is 5.43 Å². The first-order valence-corrected chi connectivity index (χ1v) is 4.57. The minimum atomic E-state index is -4.46. The maximum Gasteiger partial charge on any atom is 0.409 e. The molecule has 16 heavy (non-hydrogen) atoms. The lowest BCUT2D eigenvalue weighted by Crippen LogP contribution is -2.38. The Hall–Kier alpha value is -1.27. The van der Waals surface area contributed by atoms with Gasteiger partial charge in [-0.15, -0.1) is 0 Å². The van der Waals surface area contributed by atoms with Crippen LogP contribution in [0, 0.1) is 6.92 Å². The number of hydrogen-bond donors (Lipinski definition) is 2. The van der Waals surface area contributed by atoms with Crippen LogP contribution in [0.5, 0.6) is 5.75 Å². The molecule has 0 fully saturated rings. The summed E-state index contributed by atoms with van der Waals surface area (Å²) in [6.45, 7) is 1.70. The van der Waals surface area contributed by atoms with E-state index in [1.807, 2.05) is 0 Å². The molecule has 0 aromatic heterocycles. The minimum Gasteiger partial charge on any atom is -0.496 e. The molecule has 1 aromatic rings. The Bertz CT molecular complexity index is 366. The van der Waals surface area contributed by atoms with Crippen LogP contribution in [0.15, 0.2) is 18.2 Å². The van der Waals surface area contributed by atoms with E-state index in [-0.39, 0.29) is 11.3 Å². The van der Waals surface area contributed by atoms with Gasteiger partial charge in [0.25, 0.3) is 0 Å². The van der Waals surface area contributed by atoms with Crippen molar-refractivity contribution in [3.63, 3.8) is 0 Å². The Labute approximate surface area is 91.4 Å². The summed E-state index contributed by atoms with van der Waals surface area (Å²) in [7, 11) is 1.32. The molecule has 0 bridgehead atoms. The molecule has 0 saturated heterocycles. The lowest BCUT2D eigenvalue weighted by molar-refractivity contribution is -0.158. The van der Waals surface area contributed by atoms with E-state index in [9.17, 15) is 13.2 Å². The van der Waals surface area contributed by atoms with Crippen molar-refractivity contribution < 1.29 is 17.9 Å². The fourth-order valence-electron chi connectivity index (χ4n) is 1.44. The zero-order valence-electron chi connectivity index (χ0n) is 8.93. The number of hydrazine groups is 1. The molecule has 6 heteroatoms. The second-order valence-corrected chi connectivity index (χ2v) is 3.39. The zero-order chi connectivity index (χ0) is 12.3. The van der Waals surface area contributed by atoms with Crippen LogP contribution in [0.4, 0.5) is 13.2 Å². The van der Waals surface area contributed by atoms with Crippen LogP contribution in [0.1, 0.15) is 17.2 Å². The Kier molecular flexibility index (Phi) is 3.77. The highest BCUT2D eigenvalue weighted by Gasteiger charge is 2.41. The molecule has 0 saturated carbocycles. The van der Waals surface area contributed by atoms with E-state index in [2.05, 4.69) is 0 Å². The molecule has 0 aliphatic rings. The van der Waals surface area contributed by atoms with Gasteiger partial charge in [-0.3, -0.25) is 5.84 Å². The van der Waals surface area contributed by atoms with Crippen LogP contribution in [0.25, 0.3) is 0 Å². The van der Waals surface area contributed by atoms with E-state index in [1.165, 1.54) is 19.2 Å². The standard InChI is InChI=1S/C10H13F3N2O/c1-6-3-4-8(16-2)7(5-6)9(15-14)10(11,12)13/h3-5,9,15H,14H2,1-2H3. The summed E-state index contributed by atoms with van der Waals surface area (Å²) < 4.78 is 42.9. The number of methoxy groups -OCH3 is 1. The Morgan fingerprint density at radius 1 is 1.38 bits per heavy atom. The van der Waals surface area contributed by atoms with Crippen LogP contribution in [-0.4, -0.2) is 13.3 Å². The molecule has 0 aliphatic carbocycles. The molecular formula is C10H13F3N2O. The maximum atomic E-state index is 12.7. The van der Waals surface area contributed by atoms with Gasteiger partial charge in [-0.1, -0.05) is 17.7 Å². The fraction of sp³-hybridized carbons (Fsp3) is 0.400. The van der Waals surface area contributed by atoms with Gasteiger partial charge in [0.2, 0.25) is 0 Å². The summed E-state index contributed by atoms with van der Waals surface area (Å²) in [5.74, 6) is 5.10. The molecule has 3 N–H and O–H groups in total. The topological polar surface area (TPSA) is 47.3 Å². The van der Waals surface area contributed by atoms with E-state index in [0.29, 0.717) is 5.56 Å². The van der Waals surface area contributed by atoms with E-state index >= 15 is 0 Å². The monoisotopic (exact) mass is 234 g/mol. The van der Waals surface area contributed by atoms with Crippen molar-refractivity contribution in [2.24, 2.45) is 5.84 Å². The van der Waals surface area contributed by atoms with E-state index in [1.54, 1.807) is 18.4 Å². The van der Waals surface area contributed by atoms with Crippen LogP contribution >= 0.6 is 0 Å². The van der Waals surface area contributed by atoms with Crippen LogP contribution in [0.3, 0.4) is 0 Å². The molecule has 3 nitrogen and oxygen atoms in total. The first-order chi connectivity index (χ1) is 7.40. The van der Waals surface area contributed by atoms with Crippen molar-refractivity contribution in [2.45, 2.75) is 19.1 Å². The van der Waals surface area contributed by atoms with Gasteiger partial charge < -0.3 is 4.74 Å². The normalized spacial score (nSPS) is 13.6. The van der Waals surface area contributed by atoms with E-state index in [4.69, 9.17) is 10.6 Å². The van der Waals surface area contributed by atoms with Gasteiger partial charge >= 0.3 is 6.18 Å². The Morgan fingerprint density at radius 2 is 2.00 bits per heavy atom. The van der Waals surface area contributed by atoms with Crippen LogP contribution < -0.4 is 16.0 Å². The van der Waals surface area contributed by atoms with Gasteiger partial charge in [-0.2, -0.15) is 13.2 Å². The van der Waals surface area contributed by atoms with Gasteiger partial charge in [0.05, 0.1) is 7.11 Å². The molecule has 1 rings (SSSR count). The van der Waals surface area contributed by atoms with Crippen LogP contribution in [-0.2, 0) is 0 Å².